The first kappa shape index (κ1) is 13.9. The zero-order chi connectivity index (χ0) is 13.9. The van der Waals surface area contributed by atoms with Gasteiger partial charge in [-0.25, -0.2) is 0 Å². The number of hydrogen-bond donors (Lipinski definition) is 1. The fourth-order valence-electron chi connectivity index (χ4n) is 3.57. The van der Waals surface area contributed by atoms with Gasteiger partial charge in [-0.1, -0.05) is 23.7 Å². The summed E-state index contributed by atoms with van der Waals surface area (Å²) in [5.74, 6) is 4.19. The summed E-state index contributed by atoms with van der Waals surface area (Å²) in [6.45, 7) is 4.23. The minimum atomic E-state index is 0.480. The fraction of sp³-hybridized carbons (Fsp3) is 0.529. The predicted octanol–water partition coefficient (Wildman–Crippen LogP) is 2.77. The molecular weight excluding hydrogens is 268 g/mol. The van der Waals surface area contributed by atoms with E-state index < -0.39 is 0 Å². The molecule has 0 radical (unpaired) electrons. The van der Waals surface area contributed by atoms with Crippen molar-refractivity contribution in [3.8, 4) is 12.3 Å². The van der Waals surface area contributed by atoms with Gasteiger partial charge in [0, 0.05) is 36.6 Å². The molecule has 1 N–H and O–H groups in total. The molecule has 3 heteroatoms. The molecule has 0 saturated carbocycles. The number of fused-ring (bicyclic) bond motifs is 3. The number of piperidine rings is 3. The molecule has 1 aromatic rings. The van der Waals surface area contributed by atoms with Crippen LogP contribution in [0, 0.1) is 24.2 Å². The van der Waals surface area contributed by atoms with E-state index in [-0.39, 0.29) is 0 Å². The van der Waals surface area contributed by atoms with Crippen molar-refractivity contribution in [2.75, 3.05) is 19.6 Å². The number of halogens is 1. The van der Waals surface area contributed by atoms with Gasteiger partial charge in [-0.2, -0.15) is 0 Å². The van der Waals surface area contributed by atoms with Crippen LogP contribution in [-0.4, -0.2) is 30.6 Å². The van der Waals surface area contributed by atoms with Gasteiger partial charge < -0.3 is 5.32 Å². The highest BCUT2D eigenvalue weighted by Crippen LogP contribution is 2.35. The number of hydrogen-bond acceptors (Lipinski definition) is 2. The molecule has 4 atom stereocenters. The van der Waals surface area contributed by atoms with Crippen molar-refractivity contribution < 1.29 is 0 Å². The quantitative estimate of drug-likeness (QED) is 0.857. The molecule has 3 saturated heterocycles. The van der Waals surface area contributed by atoms with Gasteiger partial charge in [0.15, 0.2) is 0 Å². The lowest BCUT2D eigenvalue weighted by Crippen LogP contribution is -2.55. The third-order valence-corrected chi connectivity index (χ3v) is 4.93. The van der Waals surface area contributed by atoms with Crippen LogP contribution in [0.25, 0.3) is 0 Å². The Morgan fingerprint density at radius 1 is 1.45 bits per heavy atom. The Morgan fingerprint density at radius 2 is 2.35 bits per heavy atom. The van der Waals surface area contributed by atoms with Crippen molar-refractivity contribution in [3.63, 3.8) is 0 Å². The molecule has 0 aliphatic carbocycles. The average molecular weight is 289 g/mol. The third-order valence-electron chi connectivity index (χ3n) is 4.69. The maximum atomic E-state index is 6.00. The van der Waals surface area contributed by atoms with Gasteiger partial charge in [-0.15, -0.1) is 12.3 Å². The average Bonchev–Trinajstić information content (AvgIpc) is 2.48. The second-order valence-electron chi connectivity index (χ2n) is 5.97. The van der Waals surface area contributed by atoms with Gasteiger partial charge >= 0.3 is 0 Å². The van der Waals surface area contributed by atoms with Crippen molar-refractivity contribution in [1.29, 1.82) is 0 Å². The lowest BCUT2D eigenvalue weighted by molar-refractivity contribution is 0.0227. The summed E-state index contributed by atoms with van der Waals surface area (Å²) in [4.78, 5) is 2.56. The molecule has 106 valence electrons. The number of benzene rings is 1. The topological polar surface area (TPSA) is 15.3 Å². The van der Waals surface area contributed by atoms with E-state index in [1.165, 1.54) is 24.9 Å². The molecule has 1 unspecified atom stereocenters. The Labute approximate surface area is 126 Å². The van der Waals surface area contributed by atoms with Gasteiger partial charge in [0.1, 0.15) is 0 Å². The minimum Gasteiger partial charge on any atom is -0.311 e. The second-order valence-corrected chi connectivity index (χ2v) is 6.40. The zero-order valence-corrected chi connectivity index (χ0v) is 12.4. The van der Waals surface area contributed by atoms with Crippen molar-refractivity contribution in [2.45, 2.75) is 25.4 Å². The molecule has 0 amide bonds. The van der Waals surface area contributed by atoms with Gasteiger partial charge in [0.2, 0.25) is 0 Å². The van der Waals surface area contributed by atoms with Crippen LogP contribution in [0.15, 0.2) is 24.3 Å². The van der Waals surface area contributed by atoms with Crippen LogP contribution in [0.3, 0.4) is 0 Å². The van der Waals surface area contributed by atoms with Crippen molar-refractivity contribution in [1.82, 2.24) is 10.2 Å². The summed E-state index contributed by atoms with van der Waals surface area (Å²) >= 11 is 6.00. The van der Waals surface area contributed by atoms with Crippen LogP contribution in [0.2, 0.25) is 5.02 Å². The van der Waals surface area contributed by atoms with Crippen molar-refractivity contribution in [3.05, 3.63) is 34.9 Å². The Hall–Kier alpha value is -1.01. The van der Waals surface area contributed by atoms with Crippen molar-refractivity contribution >= 4 is 11.6 Å². The van der Waals surface area contributed by atoms with Gasteiger partial charge in [-0.05, 0) is 43.0 Å². The first-order valence-electron chi connectivity index (χ1n) is 7.41. The first-order chi connectivity index (χ1) is 9.76. The molecule has 3 fully saturated rings. The van der Waals surface area contributed by atoms with Crippen LogP contribution < -0.4 is 5.32 Å². The van der Waals surface area contributed by atoms with E-state index in [1.54, 1.807) is 0 Å². The van der Waals surface area contributed by atoms with Crippen LogP contribution in [-0.2, 0) is 6.54 Å². The molecule has 4 rings (SSSR count). The van der Waals surface area contributed by atoms with Crippen LogP contribution in [0.4, 0.5) is 0 Å². The highest BCUT2D eigenvalue weighted by molar-refractivity contribution is 6.30. The van der Waals surface area contributed by atoms with E-state index in [0.29, 0.717) is 12.0 Å². The zero-order valence-electron chi connectivity index (χ0n) is 11.7. The summed E-state index contributed by atoms with van der Waals surface area (Å²) in [6.07, 6.45) is 8.15. The summed E-state index contributed by atoms with van der Waals surface area (Å²) < 4.78 is 0. The number of nitrogens with one attached hydrogen (secondary N) is 1. The van der Waals surface area contributed by atoms with Crippen molar-refractivity contribution in [2.24, 2.45) is 11.8 Å². The van der Waals surface area contributed by atoms with E-state index in [9.17, 15) is 0 Å². The molecule has 0 aromatic heterocycles. The largest absolute Gasteiger partial charge is 0.311 e. The summed E-state index contributed by atoms with van der Waals surface area (Å²) in [7, 11) is 0. The van der Waals surface area contributed by atoms with Crippen LogP contribution >= 0.6 is 11.6 Å². The van der Waals surface area contributed by atoms with Gasteiger partial charge in [-0.3, -0.25) is 4.90 Å². The van der Waals surface area contributed by atoms with E-state index in [2.05, 4.69) is 22.2 Å². The van der Waals surface area contributed by atoms with Crippen LogP contribution in [0.5, 0.6) is 0 Å². The van der Waals surface area contributed by atoms with Gasteiger partial charge in [0.05, 0.1) is 0 Å². The molecule has 2 bridgehead atoms. The molecule has 0 spiro atoms. The molecule has 3 aliphatic heterocycles. The molecule has 3 aliphatic rings. The van der Waals surface area contributed by atoms with E-state index in [1.807, 2.05) is 18.2 Å². The molecule has 3 heterocycles. The van der Waals surface area contributed by atoms with Gasteiger partial charge in [0.25, 0.3) is 0 Å². The van der Waals surface area contributed by atoms with E-state index in [0.717, 1.165) is 30.6 Å². The smallest absolute Gasteiger partial charge is 0.0409 e. The predicted molar refractivity (Wildman–Crippen MR) is 83.6 cm³/mol. The number of nitrogens with zero attached hydrogens (tertiary/aromatic N) is 1. The lowest BCUT2D eigenvalue weighted by Gasteiger charge is -2.48. The highest BCUT2D eigenvalue weighted by atomic mass is 35.5. The standard InChI is InChI=1S/C17H21ClN2/c1-2-14-12-20-7-6-15(14)9-17(20)11-19-10-13-4-3-5-16(18)8-13/h1,3-5,8,14-15,17,19H,6-7,9-12H2/t14-,15-,17+/m0/s1. The molecule has 1 aromatic carbocycles. The lowest BCUT2D eigenvalue weighted by atomic mass is 9.76. The molecule has 20 heavy (non-hydrogen) atoms. The molecular formula is C17H21ClN2. The van der Waals surface area contributed by atoms with E-state index in [4.69, 9.17) is 18.0 Å². The minimum absolute atomic E-state index is 0.480. The Morgan fingerprint density at radius 3 is 3.05 bits per heavy atom. The molecule has 2 nitrogen and oxygen atoms in total. The normalized spacial score (nSPS) is 32.0. The summed E-state index contributed by atoms with van der Waals surface area (Å²) in [6, 6.07) is 8.70. The third kappa shape index (κ3) is 3.01. The highest BCUT2D eigenvalue weighted by Gasteiger charge is 2.38. The second kappa shape index (κ2) is 6.18. The maximum Gasteiger partial charge on any atom is 0.0409 e. The maximum absolute atomic E-state index is 6.00. The Bertz CT molecular complexity index is 508. The summed E-state index contributed by atoms with van der Waals surface area (Å²) in [5.41, 5.74) is 1.25. The Balaban J connectivity index is 1.49. The number of terminal acetylenes is 1. The van der Waals surface area contributed by atoms with Crippen LogP contribution in [0.1, 0.15) is 18.4 Å². The van der Waals surface area contributed by atoms with E-state index >= 15 is 0 Å². The first-order valence-corrected chi connectivity index (χ1v) is 7.79. The monoisotopic (exact) mass is 288 g/mol. The fourth-order valence-corrected chi connectivity index (χ4v) is 3.78. The Kier molecular flexibility index (Phi) is 4.31. The SMILES string of the molecule is C#C[C@H]1CN2CC[C@H]1C[C@@H]2CNCc1cccc(Cl)c1. The number of rotatable bonds is 4. The summed E-state index contributed by atoms with van der Waals surface area (Å²) in [5, 5.41) is 4.37.